The zero-order valence-electron chi connectivity index (χ0n) is 14.1. The molecule has 0 bridgehead atoms. The van der Waals surface area contributed by atoms with Gasteiger partial charge in [0.1, 0.15) is 0 Å². The maximum absolute atomic E-state index is 12.5. The Hall–Kier alpha value is -1.88. The Bertz CT molecular complexity index is 504. The Labute approximate surface area is 138 Å². The zero-order valence-corrected chi connectivity index (χ0v) is 14.1. The lowest BCUT2D eigenvalue weighted by molar-refractivity contribution is -0.133. The standard InChI is InChI=1S/C18H27N3O2/c1-19(2)14-18(23)20(12-10-16-7-4-3-5-8-16)13-17-9-6-11-21(17)15-22/h3-5,7-8,15,17H,6,9-14H2,1-2H3. The molecular weight excluding hydrogens is 290 g/mol. The van der Waals surface area contributed by atoms with Gasteiger partial charge in [0, 0.05) is 25.7 Å². The highest BCUT2D eigenvalue weighted by Gasteiger charge is 2.27. The molecule has 5 nitrogen and oxygen atoms in total. The van der Waals surface area contributed by atoms with Gasteiger partial charge in [-0.15, -0.1) is 0 Å². The number of carbonyl (C=O) groups excluding carboxylic acids is 2. The number of benzene rings is 1. The smallest absolute Gasteiger partial charge is 0.236 e. The Morgan fingerprint density at radius 2 is 2.04 bits per heavy atom. The topological polar surface area (TPSA) is 43.9 Å². The molecule has 126 valence electrons. The van der Waals surface area contributed by atoms with E-state index in [0.717, 1.165) is 32.2 Å². The van der Waals surface area contributed by atoms with Gasteiger partial charge in [-0.2, -0.15) is 0 Å². The molecule has 1 atom stereocenters. The summed E-state index contributed by atoms with van der Waals surface area (Å²) in [6, 6.07) is 10.4. The van der Waals surface area contributed by atoms with Gasteiger partial charge in [-0.25, -0.2) is 0 Å². The van der Waals surface area contributed by atoms with Crippen molar-refractivity contribution in [3.63, 3.8) is 0 Å². The summed E-state index contributed by atoms with van der Waals surface area (Å²) in [5.41, 5.74) is 1.23. The summed E-state index contributed by atoms with van der Waals surface area (Å²) in [6.07, 6.45) is 3.77. The van der Waals surface area contributed by atoms with E-state index in [2.05, 4.69) is 12.1 Å². The first-order valence-corrected chi connectivity index (χ1v) is 8.27. The zero-order chi connectivity index (χ0) is 16.7. The monoisotopic (exact) mass is 317 g/mol. The van der Waals surface area contributed by atoms with Crippen molar-refractivity contribution in [3.05, 3.63) is 35.9 Å². The summed E-state index contributed by atoms with van der Waals surface area (Å²) in [4.78, 5) is 29.3. The Balaban J connectivity index is 1.99. The summed E-state index contributed by atoms with van der Waals surface area (Å²) in [5.74, 6) is 0.128. The van der Waals surface area contributed by atoms with E-state index in [1.165, 1.54) is 5.56 Å². The number of carbonyl (C=O) groups is 2. The lowest BCUT2D eigenvalue weighted by atomic mass is 10.1. The van der Waals surface area contributed by atoms with Gasteiger partial charge in [-0.3, -0.25) is 9.59 Å². The van der Waals surface area contributed by atoms with Crippen molar-refractivity contribution >= 4 is 12.3 Å². The number of likely N-dealkylation sites (N-methyl/N-ethyl adjacent to an activating group) is 1. The van der Waals surface area contributed by atoms with Crippen molar-refractivity contribution in [2.45, 2.75) is 25.3 Å². The van der Waals surface area contributed by atoms with Gasteiger partial charge in [0.25, 0.3) is 0 Å². The molecule has 1 aromatic carbocycles. The highest BCUT2D eigenvalue weighted by molar-refractivity contribution is 5.78. The summed E-state index contributed by atoms with van der Waals surface area (Å²) in [5, 5.41) is 0. The number of hydrogen-bond donors (Lipinski definition) is 0. The lowest BCUT2D eigenvalue weighted by Gasteiger charge is -2.30. The largest absolute Gasteiger partial charge is 0.340 e. The van der Waals surface area contributed by atoms with Crippen LogP contribution in [0.4, 0.5) is 0 Å². The van der Waals surface area contributed by atoms with Crippen LogP contribution < -0.4 is 0 Å². The van der Waals surface area contributed by atoms with Gasteiger partial charge in [0.2, 0.25) is 12.3 Å². The summed E-state index contributed by atoms with van der Waals surface area (Å²) < 4.78 is 0. The van der Waals surface area contributed by atoms with E-state index in [4.69, 9.17) is 0 Å². The number of nitrogens with zero attached hydrogens (tertiary/aromatic N) is 3. The van der Waals surface area contributed by atoms with Gasteiger partial charge >= 0.3 is 0 Å². The van der Waals surface area contributed by atoms with E-state index in [-0.39, 0.29) is 11.9 Å². The van der Waals surface area contributed by atoms with Crippen LogP contribution in [0.2, 0.25) is 0 Å². The molecule has 1 aromatic rings. The molecule has 23 heavy (non-hydrogen) atoms. The molecule has 0 aliphatic carbocycles. The Kier molecular flexibility index (Phi) is 6.59. The van der Waals surface area contributed by atoms with Crippen LogP contribution in [0.3, 0.4) is 0 Å². The minimum absolute atomic E-state index is 0.128. The fourth-order valence-electron chi connectivity index (χ4n) is 3.04. The van der Waals surface area contributed by atoms with Crippen LogP contribution in [0.15, 0.2) is 30.3 Å². The van der Waals surface area contributed by atoms with Crippen molar-refractivity contribution < 1.29 is 9.59 Å². The maximum Gasteiger partial charge on any atom is 0.236 e. The first-order chi connectivity index (χ1) is 11.1. The van der Waals surface area contributed by atoms with E-state index >= 15 is 0 Å². The molecule has 5 heteroatoms. The number of likely N-dealkylation sites (tertiary alicyclic amines) is 1. The molecule has 0 radical (unpaired) electrons. The van der Waals surface area contributed by atoms with Crippen LogP contribution in [0.5, 0.6) is 0 Å². The van der Waals surface area contributed by atoms with Crippen molar-refractivity contribution in [2.75, 3.05) is 40.3 Å². The number of rotatable bonds is 8. The molecule has 1 aliphatic rings. The first-order valence-electron chi connectivity index (χ1n) is 8.27. The van der Waals surface area contributed by atoms with E-state index in [1.807, 2.05) is 47.0 Å². The number of amides is 2. The van der Waals surface area contributed by atoms with E-state index in [9.17, 15) is 9.59 Å². The number of hydrogen-bond acceptors (Lipinski definition) is 3. The average molecular weight is 317 g/mol. The van der Waals surface area contributed by atoms with Crippen molar-refractivity contribution in [1.82, 2.24) is 14.7 Å². The normalized spacial score (nSPS) is 17.5. The van der Waals surface area contributed by atoms with E-state index in [1.54, 1.807) is 0 Å². The Morgan fingerprint density at radius 3 is 2.70 bits per heavy atom. The first kappa shape index (κ1) is 17.5. The molecule has 0 aromatic heterocycles. The predicted octanol–water partition coefficient (Wildman–Crippen LogP) is 1.24. The van der Waals surface area contributed by atoms with Gasteiger partial charge in [-0.05, 0) is 38.9 Å². The van der Waals surface area contributed by atoms with Crippen molar-refractivity contribution in [2.24, 2.45) is 0 Å². The van der Waals surface area contributed by atoms with Crippen LogP contribution in [0.25, 0.3) is 0 Å². The molecule has 1 aliphatic heterocycles. The fourth-order valence-corrected chi connectivity index (χ4v) is 3.04. The molecule has 0 N–H and O–H groups in total. The minimum atomic E-state index is 0.128. The molecule has 0 spiro atoms. The molecule has 1 saturated heterocycles. The van der Waals surface area contributed by atoms with Crippen molar-refractivity contribution in [1.29, 1.82) is 0 Å². The van der Waals surface area contributed by atoms with Crippen LogP contribution in [-0.4, -0.2) is 73.3 Å². The van der Waals surface area contributed by atoms with Crippen LogP contribution in [-0.2, 0) is 16.0 Å². The summed E-state index contributed by atoms with van der Waals surface area (Å²) >= 11 is 0. The molecule has 1 heterocycles. The molecular formula is C18H27N3O2. The van der Waals surface area contributed by atoms with Crippen LogP contribution in [0.1, 0.15) is 18.4 Å². The quantitative estimate of drug-likeness (QED) is 0.678. The minimum Gasteiger partial charge on any atom is -0.340 e. The SMILES string of the molecule is CN(C)CC(=O)N(CCc1ccccc1)CC1CCCN1C=O. The second-order valence-electron chi connectivity index (χ2n) is 6.45. The molecule has 1 unspecified atom stereocenters. The van der Waals surface area contributed by atoms with Gasteiger partial charge < -0.3 is 14.7 Å². The van der Waals surface area contributed by atoms with Crippen LogP contribution >= 0.6 is 0 Å². The summed E-state index contributed by atoms with van der Waals surface area (Å²) in [6.45, 7) is 2.54. The fraction of sp³-hybridized carbons (Fsp3) is 0.556. The van der Waals surface area contributed by atoms with Gasteiger partial charge in [-0.1, -0.05) is 30.3 Å². The maximum atomic E-state index is 12.5. The van der Waals surface area contributed by atoms with Gasteiger partial charge in [0.15, 0.2) is 0 Å². The molecule has 2 amide bonds. The third-order valence-electron chi connectivity index (χ3n) is 4.31. The molecule has 0 saturated carbocycles. The van der Waals surface area contributed by atoms with Gasteiger partial charge in [0.05, 0.1) is 6.54 Å². The molecule has 1 fully saturated rings. The highest BCUT2D eigenvalue weighted by atomic mass is 16.2. The third kappa shape index (κ3) is 5.36. The lowest BCUT2D eigenvalue weighted by Crippen LogP contribution is -2.46. The summed E-state index contributed by atoms with van der Waals surface area (Å²) in [7, 11) is 3.81. The van der Waals surface area contributed by atoms with Crippen LogP contribution in [0, 0.1) is 0 Å². The molecule has 2 rings (SSSR count). The second-order valence-corrected chi connectivity index (χ2v) is 6.45. The van der Waals surface area contributed by atoms with E-state index in [0.29, 0.717) is 19.6 Å². The Morgan fingerprint density at radius 1 is 1.30 bits per heavy atom. The second kappa shape index (κ2) is 8.67. The van der Waals surface area contributed by atoms with Crippen molar-refractivity contribution in [3.8, 4) is 0 Å². The highest BCUT2D eigenvalue weighted by Crippen LogP contribution is 2.17. The van der Waals surface area contributed by atoms with E-state index < -0.39 is 0 Å². The average Bonchev–Trinajstić information content (AvgIpc) is 2.98. The third-order valence-corrected chi connectivity index (χ3v) is 4.31. The predicted molar refractivity (Wildman–Crippen MR) is 91.1 cm³/mol.